The number of sulfonamides is 1. The molecule has 0 fully saturated rings. The van der Waals surface area contributed by atoms with Gasteiger partial charge < -0.3 is 9.64 Å². The highest BCUT2D eigenvalue weighted by atomic mass is 32.2. The Kier molecular flexibility index (Phi) is 5.13. The first-order valence-corrected chi connectivity index (χ1v) is 9.83. The van der Waals surface area contributed by atoms with E-state index in [4.69, 9.17) is 4.74 Å². The molecule has 1 unspecified atom stereocenters. The smallest absolute Gasteiger partial charge is 0.240 e. The van der Waals surface area contributed by atoms with Crippen LogP contribution >= 0.6 is 0 Å². The lowest BCUT2D eigenvalue weighted by atomic mass is 10.0. The molecule has 1 atom stereocenters. The maximum Gasteiger partial charge on any atom is 0.240 e. The van der Waals surface area contributed by atoms with E-state index in [-0.39, 0.29) is 6.04 Å². The van der Waals surface area contributed by atoms with Gasteiger partial charge in [0.05, 0.1) is 11.5 Å². The molecule has 0 spiro atoms. The van der Waals surface area contributed by atoms with Crippen LogP contribution in [0.3, 0.4) is 0 Å². The van der Waals surface area contributed by atoms with Crippen molar-refractivity contribution < 1.29 is 13.2 Å². The van der Waals surface area contributed by atoms with E-state index in [1.54, 1.807) is 18.2 Å². The molecule has 6 heteroatoms. The van der Waals surface area contributed by atoms with Crippen molar-refractivity contribution in [3.8, 4) is 5.75 Å². The first-order valence-electron chi connectivity index (χ1n) is 8.35. The number of ether oxygens (including phenoxy) is 1. The molecule has 0 amide bonds. The van der Waals surface area contributed by atoms with Crippen LogP contribution in [0, 0.1) is 6.92 Å². The summed E-state index contributed by atoms with van der Waals surface area (Å²) < 4.78 is 33.5. The van der Waals surface area contributed by atoms with Gasteiger partial charge in [-0.25, -0.2) is 13.1 Å². The van der Waals surface area contributed by atoms with E-state index in [2.05, 4.69) is 10.8 Å². The molecule has 0 aliphatic carbocycles. The zero-order valence-corrected chi connectivity index (χ0v) is 15.6. The maximum atomic E-state index is 12.6. The molecule has 0 radical (unpaired) electrons. The fraction of sp³-hybridized carbons (Fsp3) is 0.368. The van der Waals surface area contributed by atoms with Crippen molar-refractivity contribution in [2.75, 3.05) is 27.2 Å². The minimum Gasteiger partial charge on any atom is -0.493 e. The Bertz CT molecular complexity index is 863. The van der Waals surface area contributed by atoms with E-state index < -0.39 is 10.0 Å². The molecule has 0 saturated heterocycles. The highest BCUT2D eigenvalue weighted by Gasteiger charge is 2.22. The fourth-order valence-electron chi connectivity index (χ4n) is 3.07. The molecule has 1 aliphatic rings. The van der Waals surface area contributed by atoms with Crippen LogP contribution in [0.5, 0.6) is 5.75 Å². The lowest BCUT2D eigenvalue weighted by molar-refractivity contribution is 0.299. The van der Waals surface area contributed by atoms with Crippen LogP contribution in [-0.4, -0.2) is 40.6 Å². The summed E-state index contributed by atoms with van der Waals surface area (Å²) in [6.45, 7) is 2.91. The standard InChI is InChI=1S/C19H24N2O3S/c1-14-5-4-6-17(11-14)25(22,23)20-13-18(21(2)3)15-7-8-19-16(12-15)9-10-24-19/h4-8,11-12,18,20H,9-10,13H2,1-3H3. The summed E-state index contributed by atoms with van der Waals surface area (Å²) in [5, 5.41) is 0. The molecule has 1 N–H and O–H groups in total. The summed E-state index contributed by atoms with van der Waals surface area (Å²) in [4.78, 5) is 2.32. The van der Waals surface area contributed by atoms with Gasteiger partial charge in [0.1, 0.15) is 5.75 Å². The van der Waals surface area contributed by atoms with E-state index in [9.17, 15) is 8.42 Å². The van der Waals surface area contributed by atoms with Crippen molar-refractivity contribution in [3.05, 3.63) is 59.2 Å². The Labute approximate surface area is 149 Å². The predicted molar refractivity (Wildman–Crippen MR) is 98.4 cm³/mol. The molecule has 134 valence electrons. The monoisotopic (exact) mass is 360 g/mol. The van der Waals surface area contributed by atoms with E-state index in [0.717, 1.165) is 23.3 Å². The normalized spacial score (nSPS) is 15.0. The summed E-state index contributed by atoms with van der Waals surface area (Å²) >= 11 is 0. The first-order chi connectivity index (χ1) is 11.9. The molecule has 5 nitrogen and oxygen atoms in total. The second kappa shape index (κ2) is 7.15. The molecule has 3 rings (SSSR count). The van der Waals surface area contributed by atoms with Gasteiger partial charge in [-0.05, 0) is 55.9 Å². The lowest BCUT2D eigenvalue weighted by Crippen LogP contribution is -2.34. The summed E-state index contributed by atoms with van der Waals surface area (Å²) in [6.07, 6.45) is 0.901. The first kappa shape index (κ1) is 17.9. The Morgan fingerprint density at radius 2 is 2.00 bits per heavy atom. The van der Waals surface area contributed by atoms with Crippen molar-refractivity contribution >= 4 is 10.0 Å². The van der Waals surface area contributed by atoms with Gasteiger partial charge in [-0.2, -0.15) is 0 Å². The van der Waals surface area contributed by atoms with Crippen LogP contribution in [0.2, 0.25) is 0 Å². The van der Waals surface area contributed by atoms with Crippen LogP contribution in [0.25, 0.3) is 0 Å². The number of likely N-dealkylation sites (N-methyl/N-ethyl adjacent to an activating group) is 1. The number of aryl methyl sites for hydroxylation is 1. The Morgan fingerprint density at radius 3 is 2.72 bits per heavy atom. The van der Waals surface area contributed by atoms with E-state index in [1.165, 1.54) is 5.56 Å². The van der Waals surface area contributed by atoms with Crippen LogP contribution in [0.1, 0.15) is 22.7 Å². The largest absolute Gasteiger partial charge is 0.493 e. The number of nitrogens with one attached hydrogen (secondary N) is 1. The number of fused-ring (bicyclic) bond motifs is 1. The van der Waals surface area contributed by atoms with Crippen molar-refractivity contribution in [2.24, 2.45) is 0 Å². The Balaban J connectivity index is 1.79. The van der Waals surface area contributed by atoms with Gasteiger partial charge in [0.15, 0.2) is 0 Å². The van der Waals surface area contributed by atoms with E-state index >= 15 is 0 Å². The van der Waals surface area contributed by atoms with Gasteiger partial charge in [0.25, 0.3) is 0 Å². The number of rotatable bonds is 6. The molecule has 25 heavy (non-hydrogen) atoms. The third-order valence-electron chi connectivity index (χ3n) is 4.49. The molecule has 0 bridgehead atoms. The van der Waals surface area contributed by atoms with Crippen molar-refractivity contribution in [3.63, 3.8) is 0 Å². The van der Waals surface area contributed by atoms with Gasteiger partial charge in [-0.15, -0.1) is 0 Å². The van der Waals surface area contributed by atoms with Crippen LogP contribution in [0.4, 0.5) is 0 Å². The van der Waals surface area contributed by atoms with Gasteiger partial charge in [-0.1, -0.05) is 24.3 Å². The molecular weight excluding hydrogens is 336 g/mol. The lowest BCUT2D eigenvalue weighted by Gasteiger charge is -2.25. The highest BCUT2D eigenvalue weighted by molar-refractivity contribution is 7.89. The van der Waals surface area contributed by atoms with Crippen LogP contribution in [0.15, 0.2) is 47.4 Å². The second-order valence-corrected chi connectivity index (χ2v) is 8.38. The molecule has 2 aromatic rings. The van der Waals surface area contributed by atoms with Crippen molar-refractivity contribution in [1.29, 1.82) is 0 Å². The average Bonchev–Trinajstić information content (AvgIpc) is 3.02. The molecule has 2 aromatic carbocycles. The summed E-state index contributed by atoms with van der Waals surface area (Å²) in [7, 11) is 0.375. The summed E-state index contributed by atoms with van der Waals surface area (Å²) in [5.41, 5.74) is 3.19. The fourth-order valence-corrected chi connectivity index (χ4v) is 4.21. The van der Waals surface area contributed by atoms with E-state index in [0.29, 0.717) is 18.0 Å². The van der Waals surface area contributed by atoms with E-state index in [1.807, 2.05) is 44.1 Å². The number of nitrogens with zero attached hydrogens (tertiary/aromatic N) is 1. The number of benzene rings is 2. The number of hydrogen-bond donors (Lipinski definition) is 1. The van der Waals surface area contributed by atoms with Gasteiger partial charge in [0.2, 0.25) is 10.0 Å². The molecular formula is C19H24N2O3S. The SMILES string of the molecule is Cc1cccc(S(=O)(=O)NCC(c2ccc3c(c2)CCO3)N(C)C)c1. The van der Waals surface area contributed by atoms with Crippen LogP contribution < -0.4 is 9.46 Å². The van der Waals surface area contributed by atoms with Gasteiger partial charge in [-0.3, -0.25) is 0 Å². The quantitative estimate of drug-likeness (QED) is 0.860. The highest BCUT2D eigenvalue weighted by Crippen LogP contribution is 2.29. The Morgan fingerprint density at radius 1 is 1.20 bits per heavy atom. The minimum absolute atomic E-state index is 0.0505. The summed E-state index contributed by atoms with van der Waals surface area (Å²) in [6, 6.07) is 13.0. The Hall–Kier alpha value is -1.89. The van der Waals surface area contributed by atoms with Crippen LogP contribution in [-0.2, 0) is 16.4 Å². The second-order valence-electron chi connectivity index (χ2n) is 6.61. The zero-order chi connectivity index (χ0) is 18.0. The van der Waals surface area contributed by atoms with Gasteiger partial charge in [0, 0.05) is 19.0 Å². The summed E-state index contributed by atoms with van der Waals surface area (Å²) in [5.74, 6) is 0.932. The minimum atomic E-state index is -3.53. The molecule has 1 heterocycles. The van der Waals surface area contributed by atoms with Crippen molar-refractivity contribution in [2.45, 2.75) is 24.3 Å². The molecule has 1 aliphatic heterocycles. The van der Waals surface area contributed by atoms with Gasteiger partial charge >= 0.3 is 0 Å². The zero-order valence-electron chi connectivity index (χ0n) is 14.8. The molecule has 0 aromatic heterocycles. The maximum absolute atomic E-state index is 12.6. The third kappa shape index (κ3) is 4.03. The average molecular weight is 360 g/mol. The third-order valence-corrected chi connectivity index (χ3v) is 5.91. The predicted octanol–water partition coefficient (Wildman–Crippen LogP) is 2.51. The topological polar surface area (TPSA) is 58.6 Å². The number of hydrogen-bond acceptors (Lipinski definition) is 4. The van der Waals surface area contributed by atoms with Crippen molar-refractivity contribution in [1.82, 2.24) is 9.62 Å². The molecule has 0 saturated carbocycles.